The number of para-hydroxylation sites is 4. The maximum absolute atomic E-state index is 13.7. The van der Waals surface area contributed by atoms with Crippen molar-refractivity contribution in [1.82, 2.24) is 19.9 Å². The van der Waals surface area contributed by atoms with Crippen molar-refractivity contribution in [3.05, 3.63) is 288 Å². The fourth-order valence-corrected chi connectivity index (χ4v) is 15.7. The highest BCUT2D eigenvalue weighted by Crippen LogP contribution is 2.53. The molecule has 15 aromatic rings. The number of H-pyrrole nitrogens is 2. The van der Waals surface area contributed by atoms with Crippen molar-refractivity contribution in [2.24, 2.45) is 20.0 Å². The van der Waals surface area contributed by atoms with Crippen molar-refractivity contribution in [1.29, 1.82) is 0 Å². The van der Waals surface area contributed by atoms with Crippen LogP contribution in [-0.2, 0) is 9.59 Å². The van der Waals surface area contributed by atoms with E-state index in [1.165, 1.54) is 13.8 Å². The first-order chi connectivity index (χ1) is 53.7. The summed E-state index contributed by atoms with van der Waals surface area (Å²) >= 11 is 0. The monoisotopic (exact) mass is 1430 g/mol. The third kappa shape index (κ3) is 10.8. The zero-order valence-electron chi connectivity index (χ0n) is 58.4. The number of nitrogens with zero attached hydrogens (tertiary/aromatic N) is 6. The lowest BCUT2D eigenvalue weighted by molar-refractivity contribution is -0.132. The van der Waals surface area contributed by atoms with Gasteiger partial charge in [-0.1, -0.05) is 170 Å². The van der Waals surface area contributed by atoms with Crippen molar-refractivity contribution >= 4 is 148 Å². The minimum absolute atomic E-state index is 0.000324. The summed E-state index contributed by atoms with van der Waals surface area (Å²) in [5, 5.41) is 82.6. The number of aromatic hydroxyl groups is 2. The Kier molecular flexibility index (Phi) is 15.3. The molecule has 3 aromatic heterocycles. The molecule has 18 heteroatoms. The summed E-state index contributed by atoms with van der Waals surface area (Å²) in [6, 6.07) is 72.5. The van der Waals surface area contributed by atoms with Gasteiger partial charge in [0.15, 0.2) is 11.5 Å². The Hall–Kier alpha value is -15.3. The van der Waals surface area contributed by atoms with Crippen LogP contribution in [0.4, 0.5) is 22.7 Å². The van der Waals surface area contributed by atoms with E-state index in [0.717, 1.165) is 0 Å². The lowest BCUT2D eigenvalue weighted by atomic mass is 9.88. The molecule has 0 fully saturated rings. The minimum atomic E-state index is -0.734. The number of esters is 2. The fraction of sp³-hybridized carbons (Fsp3) is 0.0217. The van der Waals surface area contributed by atoms with Gasteiger partial charge in [-0.3, -0.25) is 9.59 Å². The summed E-state index contributed by atoms with van der Waals surface area (Å²) in [5.74, 6) is -4.80. The van der Waals surface area contributed by atoms with Gasteiger partial charge in [0.25, 0.3) is 0 Å². The number of aliphatic hydroxyl groups excluding tert-OH is 4. The Labute approximate surface area is 625 Å². The number of aromatic nitrogens is 4. The molecule has 4 aliphatic rings. The highest BCUT2D eigenvalue weighted by molar-refractivity contribution is 6.20. The van der Waals surface area contributed by atoms with E-state index in [4.69, 9.17) is 39.4 Å². The van der Waals surface area contributed by atoms with Gasteiger partial charge in [0, 0.05) is 103 Å². The number of nitrogens with one attached hydrogen (secondary N) is 2. The Morgan fingerprint density at radius 2 is 0.527 bits per heavy atom. The summed E-state index contributed by atoms with van der Waals surface area (Å²) in [6.07, 6.45) is 7.53. The molecular formula is C92H58N8O10. The molecule has 7 heterocycles. The third-order valence-electron chi connectivity index (χ3n) is 20.4. The number of hydrogen-bond donors (Lipinski definition) is 8. The van der Waals surface area contributed by atoms with Crippen LogP contribution >= 0.6 is 0 Å². The number of aliphatic imine (C=N–C) groups is 4. The zero-order valence-corrected chi connectivity index (χ0v) is 58.4. The van der Waals surface area contributed by atoms with Crippen molar-refractivity contribution in [2.45, 2.75) is 13.8 Å². The number of rotatable bonds is 2. The molecule has 4 aliphatic heterocycles. The molecule has 110 heavy (non-hydrogen) atoms. The number of phenols is 2. The highest BCUT2D eigenvalue weighted by Gasteiger charge is 2.32. The average Bonchev–Trinajstić information content (AvgIpc) is 0.979. The van der Waals surface area contributed by atoms with E-state index < -0.39 is 47.0 Å². The van der Waals surface area contributed by atoms with E-state index >= 15 is 0 Å². The SMILES string of the molecule is CC(=O)Oc1c2cc3ccccc3c1-c1c(O)c(cc3ccccc13)C(O)=Nc1ccccc1-c1c3nc(c(c4ccc([nH]4)c4c5nc(c(c6ccc1[nH]6)-c1ccccc1N=C(O)c1cc6ccccc6c(c1OC(C)=O)-c1c(O)c(cc6ccccc16)C(O)=Nc1ccccc1-4)C=C5)-c1ccccc1N=C2O)C=C3. The first kappa shape index (κ1) is 65.5. The fourth-order valence-electron chi connectivity index (χ4n) is 15.7. The van der Waals surface area contributed by atoms with Gasteiger partial charge in [-0.05, 0) is 140 Å². The molecule has 0 saturated heterocycles. The molecule has 0 amide bonds. The second kappa shape index (κ2) is 25.8. The highest BCUT2D eigenvalue weighted by atomic mass is 16.5. The molecule has 19 rings (SSSR count). The lowest BCUT2D eigenvalue weighted by Gasteiger charge is -2.20. The number of fused-ring (bicyclic) bond motifs is 34. The predicted octanol–water partition coefficient (Wildman–Crippen LogP) is 21.7. The molecule has 0 unspecified atom stereocenters. The number of benzene rings is 12. The van der Waals surface area contributed by atoms with E-state index in [1.54, 1.807) is 72.8 Å². The number of carbonyl (C=O) groups is 2. The van der Waals surface area contributed by atoms with E-state index in [-0.39, 0.29) is 78.8 Å². The molecule has 526 valence electrons. The summed E-state index contributed by atoms with van der Waals surface area (Å²) in [7, 11) is 0. The van der Waals surface area contributed by atoms with Gasteiger partial charge in [0.1, 0.15) is 11.5 Å². The van der Waals surface area contributed by atoms with Gasteiger partial charge in [0.2, 0.25) is 23.6 Å². The maximum atomic E-state index is 13.7. The van der Waals surface area contributed by atoms with E-state index in [1.807, 2.05) is 194 Å². The molecule has 0 saturated carbocycles. The van der Waals surface area contributed by atoms with E-state index in [9.17, 15) is 40.2 Å². The molecule has 8 N–H and O–H groups in total. The Morgan fingerprint density at radius 3 is 0.818 bits per heavy atom. The molecular weight excluding hydrogens is 1380 g/mol. The van der Waals surface area contributed by atoms with Crippen LogP contribution in [0.3, 0.4) is 0 Å². The van der Waals surface area contributed by atoms with Crippen LogP contribution in [0.15, 0.2) is 263 Å². The van der Waals surface area contributed by atoms with Crippen LogP contribution in [0.2, 0.25) is 0 Å². The number of hydrogen-bond acceptors (Lipinski definition) is 12. The Bertz CT molecular complexity index is 6600. The number of aliphatic hydroxyl groups is 4. The molecule has 20 bridgehead atoms. The van der Waals surface area contributed by atoms with Crippen LogP contribution in [0.1, 0.15) is 58.9 Å². The van der Waals surface area contributed by atoms with Gasteiger partial charge >= 0.3 is 11.9 Å². The number of carbonyl (C=O) groups excluding carboxylic acids is 2. The molecule has 0 radical (unpaired) electrons. The number of aromatic amines is 2. The molecule has 12 aromatic carbocycles. The van der Waals surface area contributed by atoms with Gasteiger partial charge in [-0.25, -0.2) is 29.9 Å². The quantitative estimate of drug-likeness (QED) is 0.0593. The average molecular weight is 1440 g/mol. The normalized spacial score (nSPS) is 12.9. The summed E-state index contributed by atoms with van der Waals surface area (Å²) < 4.78 is 12.5. The number of phenolic OH excluding ortho intramolecular Hbond substituents is 2. The first-order valence-corrected chi connectivity index (χ1v) is 35.3. The number of ether oxygens (including phenoxy) is 2. The summed E-state index contributed by atoms with van der Waals surface area (Å²) in [4.78, 5) is 66.4. The van der Waals surface area contributed by atoms with Gasteiger partial charge in [0.05, 0.1) is 67.8 Å². The van der Waals surface area contributed by atoms with Gasteiger partial charge in [-0.15, -0.1) is 0 Å². The van der Waals surface area contributed by atoms with Crippen molar-refractivity contribution in [2.75, 3.05) is 0 Å². The first-order valence-electron chi connectivity index (χ1n) is 35.3. The molecule has 0 atom stereocenters. The largest absolute Gasteiger partial charge is 0.506 e. The van der Waals surface area contributed by atoms with Crippen LogP contribution < -0.4 is 9.47 Å². The minimum Gasteiger partial charge on any atom is -0.506 e. The van der Waals surface area contributed by atoms with Crippen molar-refractivity contribution in [3.8, 4) is 89.8 Å². The molecule has 0 spiro atoms. The summed E-state index contributed by atoms with van der Waals surface area (Å²) in [6.45, 7) is 2.50. The molecule has 0 aliphatic carbocycles. The van der Waals surface area contributed by atoms with Crippen LogP contribution in [0.25, 0.3) is 156 Å². The van der Waals surface area contributed by atoms with Crippen LogP contribution in [0.5, 0.6) is 23.0 Å². The van der Waals surface area contributed by atoms with Crippen LogP contribution in [0, 0.1) is 0 Å². The van der Waals surface area contributed by atoms with Crippen molar-refractivity contribution in [3.63, 3.8) is 0 Å². The van der Waals surface area contributed by atoms with E-state index in [2.05, 4.69) is 9.97 Å². The smallest absolute Gasteiger partial charge is 0.308 e. The van der Waals surface area contributed by atoms with Gasteiger partial charge < -0.3 is 50.1 Å². The van der Waals surface area contributed by atoms with Crippen LogP contribution in [-0.4, -0.2) is 86.1 Å². The standard InChI is InChI=1S/C92H58N8O10/c1-47(101)109-87-63-45-51-21-5-9-25-55(51)83(87)81-53-23-7-3-19-49(53)43-61(85(81)103)89(105)97-65-31-15-11-27-57(65)77-69-35-39-73(93-69)79(59-29-13-17-33-67(59)99-91(63)107)75-41-37-71(95-75)78-58-28-12-16-32-66(58)98-90(106)62-44-50-20-4-8-24-54(50)82(86(62)104)84-56-26-10-6-22-52(56)46-64(88(84)110-48(2)102)92(108)100-68-34-18-14-30-60(68)80(74-40-36-70(78)94-74)76-42-38-72(77)96-76/h3-46,95-96,103-104H,1-2H3,(H,97,105)(H,98,106)(H,99,107)(H,100,108). The summed E-state index contributed by atoms with van der Waals surface area (Å²) in [5.41, 5.74) is 9.39. The maximum Gasteiger partial charge on any atom is 0.308 e. The zero-order chi connectivity index (χ0) is 74.7. The third-order valence-corrected chi connectivity index (χ3v) is 20.4. The Balaban J connectivity index is 0.985. The second-order valence-electron chi connectivity index (χ2n) is 26.9. The predicted molar refractivity (Wildman–Crippen MR) is 436 cm³/mol. The Morgan fingerprint density at radius 1 is 0.282 bits per heavy atom. The topological polar surface area (TPSA) is 281 Å². The van der Waals surface area contributed by atoms with E-state index in [0.29, 0.717) is 132 Å². The van der Waals surface area contributed by atoms with Crippen molar-refractivity contribution < 1.29 is 49.7 Å². The van der Waals surface area contributed by atoms with Gasteiger partial charge in [-0.2, -0.15) is 0 Å². The second-order valence-corrected chi connectivity index (χ2v) is 26.9. The lowest BCUT2D eigenvalue weighted by Crippen LogP contribution is -2.10. The molecule has 18 nitrogen and oxygen atoms in total.